The molecule has 0 amide bonds. The summed E-state index contributed by atoms with van der Waals surface area (Å²) < 4.78 is 68.2. The van der Waals surface area contributed by atoms with Crippen LogP contribution in [0.4, 0.5) is 0 Å². The Morgan fingerprint density at radius 2 is 0.505 bits per heavy atom. The van der Waals surface area contributed by atoms with Gasteiger partial charge < -0.3 is 33.8 Å². The number of aliphatic hydroxyl groups is 1. The number of phosphoric acid groups is 2. The summed E-state index contributed by atoms with van der Waals surface area (Å²) in [5.74, 6) is -0.663. The highest BCUT2D eigenvalue weighted by Crippen LogP contribution is 2.45. The van der Waals surface area contributed by atoms with Gasteiger partial charge in [0.2, 0.25) is 0 Å². The minimum Gasteiger partial charge on any atom is -0.462 e. The van der Waals surface area contributed by atoms with E-state index in [-0.39, 0.29) is 25.7 Å². The SMILES string of the molecule is CCCCCCCCCCCCCCCCCCCC(=O)OC[C@H](COP(=O)(O)OC[C@@H](O)COP(=O)(O)OC[C@@H](COC(=O)CCCCCCCCCC)OC(=O)CCCCCCCCC(C)C)OC(=O)CCCCCCCCCCCCCCCCC(C)C. The zero-order chi connectivity index (χ0) is 67.2. The molecule has 0 rings (SSSR count). The fourth-order valence-corrected chi connectivity index (χ4v) is 12.5. The molecule has 2 unspecified atom stereocenters. The Balaban J connectivity index is 5.19. The monoisotopic (exact) mass is 1340 g/mol. The molecule has 540 valence electrons. The summed E-state index contributed by atoms with van der Waals surface area (Å²) >= 11 is 0. The highest BCUT2D eigenvalue weighted by molar-refractivity contribution is 7.47. The third kappa shape index (κ3) is 66.5. The summed E-state index contributed by atoms with van der Waals surface area (Å²) in [5.41, 5.74) is 0. The smallest absolute Gasteiger partial charge is 0.462 e. The quantitative estimate of drug-likeness (QED) is 0.0222. The van der Waals surface area contributed by atoms with Crippen molar-refractivity contribution in [2.75, 3.05) is 39.6 Å². The standard InChI is InChI=1S/C72H140O17P2/c1-7-9-11-13-15-17-18-19-20-21-22-26-29-32-36-43-49-55-70(75)83-60-67(88-71(76)56-50-44-37-33-30-27-24-23-25-28-31-34-40-46-52-64(3)4)62-86-90(78,79)84-58-66(73)59-85-91(80,81)87-63-68(61-82-69(74)54-48-42-35-16-14-12-10-8-2)89-72(77)57-51-45-39-38-41-47-53-65(5)6/h64-68,73H,7-63H2,1-6H3,(H,78,79)(H,80,81)/t66-,67-,68-/m1/s1. The molecule has 0 aromatic rings. The van der Waals surface area contributed by atoms with Crippen molar-refractivity contribution < 1.29 is 80.2 Å². The molecule has 19 heteroatoms. The Kier molecular flexibility index (Phi) is 62.7. The van der Waals surface area contributed by atoms with Crippen LogP contribution in [0.5, 0.6) is 0 Å². The number of aliphatic hydroxyl groups excluding tert-OH is 1. The van der Waals surface area contributed by atoms with E-state index in [0.29, 0.717) is 31.6 Å². The molecule has 0 fully saturated rings. The zero-order valence-corrected chi connectivity index (χ0v) is 60.9. The van der Waals surface area contributed by atoms with Crippen molar-refractivity contribution in [2.45, 2.75) is 387 Å². The van der Waals surface area contributed by atoms with E-state index >= 15 is 0 Å². The van der Waals surface area contributed by atoms with Gasteiger partial charge in [-0.2, -0.15) is 0 Å². The average Bonchev–Trinajstić information content (AvgIpc) is 3.58. The van der Waals surface area contributed by atoms with E-state index in [1.54, 1.807) is 0 Å². The van der Waals surface area contributed by atoms with Gasteiger partial charge in [0.15, 0.2) is 12.2 Å². The molecule has 0 bridgehead atoms. The Morgan fingerprint density at radius 1 is 0.297 bits per heavy atom. The lowest BCUT2D eigenvalue weighted by atomic mass is 10.0. The third-order valence-corrected chi connectivity index (χ3v) is 18.6. The van der Waals surface area contributed by atoms with Crippen LogP contribution in [-0.4, -0.2) is 96.7 Å². The van der Waals surface area contributed by atoms with Gasteiger partial charge in [0.05, 0.1) is 26.4 Å². The maximum absolute atomic E-state index is 13.0. The Bertz CT molecular complexity index is 1770. The van der Waals surface area contributed by atoms with Crippen LogP contribution < -0.4 is 0 Å². The van der Waals surface area contributed by atoms with E-state index in [1.165, 1.54) is 180 Å². The fourth-order valence-electron chi connectivity index (χ4n) is 10.9. The first-order valence-corrected chi connectivity index (χ1v) is 40.5. The van der Waals surface area contributed by atoms with Crippen LogP contribution in [0.25, 0.3) is 0 Å². The zero-order valence-electron chi connectivity index (χ0n) is 59.1. The minimum absolute atomic E-state index is 0.102. The number of carbonyl (C=O) groups excluding carboxylic acids is 4. The summed E-state index contributed by atoms with van der Waals surface area (Å²) in [6, 6.07) is 0. The number of rotatable bonds is 71. The maximum Gasteiger partial charge on any atom is 0.472 e. The van der Waals surface area contributed by atoms with Crippen LogP contribution in [0.2, 0.25) is 0 Å². The lowest BCUT2D eigenvalue weighted by molar-refractivity contribution is -0.161. The van der Waals surface area contributed by atoms with Gasteiger partial charge in [-0.05, 0) is 37.5 Å². The number of hydrogen-bond acceptors (Lipinski definition) is 15. The van der Waals surface area contributed by atoms with Crippen molar-refractivity contribution in [3.05, 3.63) is 0 Å². The van der Waals surface area contributed by atoms with Gasteiger partial charge in [-0.3, -0.25) is 37.3 Å². The molecule has 5 atom stereocenters. The van der Waals surface area contributed by atoms with E-state index in [9.17, 15) is 43.2 Å². The van der Waals surface area contributed by atoms with Crippen molar-refractivity contribution in [3.8, 4) is 0 Å². The van der Waals surface area contributed by atoms with E-state index in [1.807, 2.05) is 0 Å². The molecule has 3 N–H and O–H groups in total. The van der Waals surface area contributed by atoms with Gasteiger partial charge in [0.1, 0.15) is 19.3 Å². The number of esters is 4. The first-order valence-electron chi connectivity index (χ1n) is 37.5. The molecular weight excluding hydrogens is 1200 g/mol. The molecule has 0 aliphatic carbocycles. The molecule has 91 heavy (non-hydrogen) atoms. The fraction of sp³-hybridized carbons (Fsp3) is 0.944. The summed E-state index contributed by atoms with van der Waals surface area (Å²) in [6.45, 7) is 9.47. The van der Waals surface area contributed by atoms with E-state index in [0.717, 1.165) is 102 Å². The predicted molar refractivity (Wildman–Crippen MR) is 368 cm³/mol. The lowest BCUT2D eigenvalue weighted by Gasteiger charge is -2.21. The van der Waals surface area contributed by atoms with Crippen LogP contribution in [0.3, 0.4) is 0 Å². The van der Waals surface area contributed by atoms with Gasteiger partial charge in [-0.15, -0.1) is 0 Å². The van der Waals surface area contributed by atoms with Crippen LogP contribution in [0, 0.1) is 11.8 Å². The molecule has 0 spiro atoms. The Hall–Kier alpha value is -1.94. The second-order valence-corrected chi connectivity index (χ2v) is 29.8. The molecule has 0 heterocycles. The van der Waals surface area contributed by atoms with E-state index in [2.05, 4.69) is 41.5 Å². The molecule has 0 radical (unpaired) electrons. The number of hydrogen-bond donors (Lipinski definition) is 3. The second kappa shape index (κ2) is 64.1. The van der Waals surface area contributed by atoms with E-state index in [4.69, 9.17) is 37.0 Å². The molecule has 0 aliphatic rings. The average molecular weight is 1340 g/mol. The lowest BCUT2D eigenvalue weighted by Crippen LogP contribution is -2.30. The number of carbonyl (C=O) groups is 4. The first-order chi connectivity index (χ1) is 43.9. The molecular formula is C72H140O17P2. The minimum atomic E-state index is -4.95. The van der Waals surface area contributed by atoms with Crippen molar-refractivity contribution >= 4 is 39.5 Å². The molecule has 0 aliphatic heterocycles. The summed E-state index contributed by atoms with van der Waals surface area (Å²) in [7, 11) is -9.90. The largest absolute Gasteiger partial charge is 0.472 e. The highest BCUT2D eigenvalue weighted by Gasteiger charge is 2.30. The van der Waals surface area contributed by atoms with Crippen LogP contribution in [0.1, 0.15) is 369 Å². The normalized spacial score (nSPS) is 14.1. The molecule has 0 saturated carbocycles. The molecule has 17 nitrogen and oxygen atoms in total. The summed E-state index contributed by atoms with van der Waals surface area (Å²) in [6.07, 6.45) is 50.3. The van der Waals surface area contributed by atoms with Crippen molar-refractivity contribution in [1.82, 2.24) is 0 Å². The number of unbranched alkanes of at least 4 members (excludes halogenated alkanes) is 41. The van der Waals surface area contributed by atoms with Crippen molar-refractivity contribution in [1.29, 1.82) is 0 Å². The first kappa shape index (κ1) is 89.1. The number of ether oxygens (including phenoxy) is 4. The maximum atomic E-state index is 13.0. The molecule has 0 saturated heterocycles. The summed E-state index contributed by atoms with van der Waals surface area (Å²) in [5, 5.41) is 10.6. The Labute approximate surface area is 556 Å². The Morgan fingerprint density at radius 3 is 0.747 bits per heavy atom. The summed E-state index contributed by atoms with van der Waals surface area (Å²) in [4.78, 5) is 72.5. The predicted octanol–water partition coefficient (Wildman–Crippen LogP) is 20.8. The van der Waals surface area contributed by atoms with Gasteiger partial charge >= 0.3 is 39.5 Å². The van der Waals surface area contributed by atoms with Gasteiger partial charge in [-0.1, -0.05) is 318 Å². The van der Waals surface area contributed by atoms with Gasteiger partial charge in [0, 0.05) is 25.7 Å². The van der Waals surface area contributed by atoms with Gasteiger partial charge in [-0.25, -0.2) is 9.13 Å². The van der Waals surface area contributed by atoms with E-state index < -0.39 is 97.5 Å². The van der Waals surface area contributed by atoms with Crippen LogP contribution in [-0.2, 0) is 65.4 Å². The third-order valence-electron chi connectivity index (χ3n) is 16.7. The second-order valence-electron chi connectivity index (χ2n) is 26.9. The number of phosphoric ester groups is 2. The van der Waals surface area contributed by atoms with Crippen LogP contribution in [0.15, 0.2) is 0 Å². The highest BCUT2D eigenvalue weighted by atomic mass is 31.2. The molecule has 0 aromatic carbocycles. The van der Waals surface area contributed by atoms with Crippen molar-refractivity contribution in [3.63, 3.8) is 0 Å². The van der Waals surface area contributed by atoms with Crippen molar-refractivity contribution in [2.24, 2.45) is 11.8 Å². The van der Waals surface area contributed by atoms with Gasteiger partial charge in [0.25, 0.3) is 0 Å². The van der Waals surface area contributed by atoms with Crippen LogP contribution >= 0.6 is 15.6 Å². The topological polar surface area (TPSA) is 237 Å². The molecule has 0 aromatic heterocycles.